The Bertz CT molecular complexity index is 1030. The predicted molar refractivity (Wildman–Crippen MR) is 120 cm³/mol. The quantitative estimate of drug-likeness (QED) is 0.626. The molecule has 1 aliphatic heterocycles. The number of hydrogen-bond acceptors (Lipinski definition) is 7. The molecule has 3 heterocycles. The Balaban J connectivity index is 1.30. The minimum absolute atomic E-state index is 0.163. The van der Waals surface area contributed by atoms with Crippen LogP contribution in [-0.4, -0.2) is 59.4 Å². The zero-order chi connectivity index (χ0) is 21.6. The van der Waals surface area contributed by atoms with Crippen molar-refractivity contribution in [1.82, 2.24) is 20.1 Å². The van der Waals surface area contributed by atoms with E-state index in [1.165, 1.54) is 0 Å². The van der Waals surface area contributed by atoms with Crippen molar-refractivity contribution < 1.29 is 9.53 Å². The second-order valence-electron chi connectivity index (χ2n) is 6.89. The monoisotopic (exact) mass is 439 g/mol. The van der Waals surface area contributed by atoms with Crippen LogP contribution in [0.15, 0.2) is 54.9 Å². The van der Waals surface area contributed by atoms with Gasteiger partial charge in [0.25, 0.3) is 0 Å². The lowest BCUT2D eigenvalue weighted by molar-refractivity contribution is 0.208. The maximum Gasteiger partial charge on any atom is 0.321 e. The normalized spacial score (nSPS) is 13.6. The number of anilines is 4. The summed E-state index contributed by atoms with van der Waals surface area (Å²) in [5, 5.41) is 15.1. The first-order valence-electron chi connectivity index (χ1n) is 9.77. The fourth-order valence-corrected chi connectivity index (χ4v) is 3.49. The molecule has 4 rings (SSSR count). The Hall–Kier alpha value is -3.59. The molecule has 1 fully saturated rings. The van der Waals surface area contributed by atoms with Crippen LogP contribution in [0.2, 0.25) is 5.02 Å². The highest BCUT2D eigenvalue weighted by molar-refractivity contribution is 6.32. The van der Waals surface area contributed by atoms with E-state index in [9.17, 15) is 4.79 Å². The van der Waals surface area contributed by atoms with E-state index in [0.29, 0.717) is 48.5 Å². The molecule has 0 bridgehead atoms. The van der Waals surface area contributed by atoms with E-state index >= 15 is 0 Å². The molecule has 2 amide bonds. The summed E-state index contributed by atoms with van der Waals surface area (Å²) in [7, 11) is 1.55. The van der Waals surface area contributed by atoms with Crippen molar-refractivity contribution in [3.63, 3.8) is 0 Å². The molecule has 0 radical (unpaired) electrons. The van der Waals surface area contributed by atoms with E-state index in [1.54, 1.807) is 42.6 Å². The number of rotatable bonds is 5. The summed E-state index contributed by atoms with van der Waals surface area (Å²) < 4.78 is 5.13. The Morgan fingerprint density at radius 3 is 2.42 bits per heavy atom. The Morgan fingerprint density at radius 2 is 1.77 bits per heavy atom. The third-order valence-electron chi connectivity index (χ3n) is 4.90. The first-order valence-corrected chi connectivity index (χ1v) is 10.2. The third-order valence-corrected chi connectivity index (χ3v) is 5.19. The van der Waals surface area contributed by atoms with Gasteiger partial charge < -0.3 is 25.2 Å². The van der Waals surface area contributed by atoms with E-state index in [2.05, 4.69) is 30.7 Å². The number of aromatic nitrogens is 3. The number of amides is 2. The number of piperazine rings is 1. The molecular formula is C21H22ClN7O2. The van der Waals surface area contributed by atoms with Crippen LogP contribution in [0.1, 0.15) is 0 Å². The molecule has 3 aromatic rings. The Kier molecular flexibility index (Phi) is 6.32. The third kappa shape index (κ3) is 5.13. The molecule has 2 N–H and O–H groups in total. The Labute approximate surface area is 185 Å². The fourth-order valence-electron chi connectivity index (χ4n) is 3.23. The smallest absolute Gasteiger partial charge is 0.321 e. The maximum absolute atomic E-state index is 12.6. The minimum atomic E-state index is -0.163. The molecule has 160 valence electrons. The molecule has 0 unspecified atom stereocenters. The number of benzene rings is 1. The minimum Gasteiger partial charge on any atom is -0.495 e. The van der Waals surface area contributed by atoms with E-state index in [1.807, 2.05) is 24.3 Å². The zero-order valence-electron chi connectivity index (χ0n) is 17.0. The van der Waals surface area contributed by atoms with Gasteiger partial charge in [-0.1, -0.05) is 11.6 Å². The van der Waals surface area contributed by atoms with Crippen LogP contribution in [0.5, 0.6) is 5.75 Å². The van der Waals surface area contributed by atoms with Crippen LogP contribution in [0.3, 0.4) is 0 Å². The average Bonchev–Trinajstić information content (AvgIpc) is 2.80. The summed E-state index contributed by atoms with van der Waals surface area (Å²) >= 11 is 6.13. The number of urea groups is 1. The fraction of sp³-hybridized carbons (Fsp3) is 0.238. The standard InChI is InChI=1S/C21H22ClN7O2/c1-31-18-3-2-16(14-17(18)22)25-21(30)29-12-10-28(11-13-29)20-5-4-19(26-27-20)24-15-6-8-23-9-7-15/h2-9,14H,10-13H2,1H3,(H,25,30)(H,23,24,26). The average molecular weight is 440 g/mol. The highest BCUT2D eigenvalue weighted by Gasteiger charge is 2.22. The molecule has 0 atom stereocenters. The van der Waals surface area contributed by atoms with Crippen molar-refractivity contribution in [1.29, 1.82) is 0 Å². The molecule has 0 saturated carbocycles. The van der Waals surface area contributed by atoms with Crippen molar-refractivity contribution in [2.24, 2.45) is 0 Å². The van der Waals surface area contributed by atoms with Gasteiger partial charge in [0.05, 0.1) is 12.1 Å². The van der Waals surface area contributed by atoms with Gasteiger partial charge in [0.1, 0.15) is 5.75 Å². The maximum atomic E-state index is 12.6. The van der Waals surface area contributed by atoms with Gasteiger partial charge in [-0.3, -0.25) is 4.98 Å². The van der Waals surface area contributed by atoms with Crippen LogP contribution >= 0.6 is 11.6 Å². The van der Waals surface area contributed by atoms with E-state index in [4.69, 9.17) is 16.3 Å². The van der Waals surface area contributed by atoms with Crippen LogP contribution in [0.25, 0.3) is 0 Å². The molecule has 10 heteroatoms. The van der Waals surface area contributed by atoms with Gasteiger partial charge in [0.2, 0.25) is 0 Å². The van der Waals surface area contributed by atoms with Crippen molar-refractivity contribution in [3.05, 3.63) is 59.9 Å². The number of ether oxygens (including phenoxy) is 1. The van der Waals surface area contributed by atoms with Gasteiger partial charge in [-0.05, 0) is 42.5 Å². The number of hydrogen-bond donors (Lipinski definition) is 2. The second-order valence-corrected chi connectivity index (χ2v) is 7.30. The molecule has 9 nitrogen and oxygen atoms in total. The van der Waals surface area contributed by atoms with Gasteiger partial charge in [-0.15, -0.1) is 10.2 Å². The zero-order valence-corrected chi connectivity index (χ0v) is 17.7. The van der Waals surface area contributed by atoms with Gasteiger partial charge in [0, 0.05) is 49.9 Å². The Morgan fingerprint density at radius 1 is 1.00 bits per heavy atom. The molecule has 0 spiro atoms. The number of nitrogens with zero attached hydrogens (tertiary/aromatic N) is 5. The molecule has 1 aliphatic rings. The molecule has 1 aromatic carbocycles. The lowest BCUT2D eigenvalue weighted by atomic mass is 10.3. The van der Waals surface area contributed by atoms with Gasteiger partial charge in [-0.25, -0.2) is 4.79 Å². The highest BCUT2D eigenvalue weighted by Crippen LogP contribution is 2.27. The van der Waals surface area contributed by atoms with Crippen molar-refractivity contribution in [2.75, 3.05) is 48.8 Å². The number of nitrogens with one attached hydrogen (secondary N) is 2. The summed E-state index contributed by atoms with van der Waals surface area (Å²) in [5.41, 5.74) is 1.52. The summed E-state index contributed by atoms with van der Waals surface area (Å²) in [5.74, 6) is 2.00. The number of pyridine rings is 1. The largest absolute Gasteiger partial charge is 0.495 e. The van der Waals surface area contributed by atoms with Crippen LogP contribution < -0.4 is 20.3 Å². The first kappa shape index (κ1) is 20.7. The lowest BCUT2D eigenvalue weighted by Crippen LogP contribution is -2.50. The molecular weight excluding hydrogens is 418 g/mol. The van der Waals surface area contributed by atoms with Gasteiger partial charge >= 0.3 is 6.03 Å². The summed E-state index contributed by atoms with van der Waals surface area (Å²) in [4.78, 5) is 20.4. The van der Waals surface area contributed by atoms with Crippen LogP contribution in [-0.2, 0) is 0 Å². The first-order chi connectivity index (χ1) is 15.1. The van der Waals surface area contributed by atoms with Gasteiger partial charge in [0.15, 0.2) is 11.6 Å². The van der Waals surface area contributed by atoms with E-state index < -0.39 is 0 Å². The van der Waals surface area contributed by atoms with Crippen molar-refractivity contribution >= 4 is 40.6 Å². The van der Waals surface area contributed by atoms with Crippen LogP contribution in [0.4, 0.5) is 27.8 Å². The topological polar surface area (TPSA) is 95.5 Å². The SMILES string of the molecule is COc1ccc(NC(=O)N2CCN(c3ccc(Nc4ccncc4)nn3)CC2)cc1Cl. The number of halogens is 1. The molecule has 2 aromatic heterocycles. The van der Waals surface area contributed by atoms with Crippen molar-refractivity contribution in [2.45, 2.75) is 0 Å². The summed E-state index contributed by atoms with van der Waals surface area (Å²) in [6.45, 7) is 2.49. The second kappa shape index (κ2) is 9.48. The van der Waals surface area contributed by atoms with Crippen LogP contribution in [0, 0.1) is 0 Å². The predicted octanol–water partition coefficient (Wildman–Crippen LogP) is 3.63. The van der Waals surface area contributed by atoms with E-state index in [0.717, 1.165) is 11.5 Å². The number of carbonyl (C=O) groups is 1. The number of methoxy groups -OCH3 is 1. The lowest BCUT2D eigenvalue weighted by Gasteiger charge is -2.35. The molecule has 1 saturated heterocycles. The molecule has 0 aliphatic carbocycles. The van der Waals surface area contributed by atoms with Crippen molar-refractivity contribution in [3.8, 4) is 5.75 Å². The molecule has 31 heavy (non-hydrogen) atoms. The van der Waals surface area contributed by atoms with Gasteiger partial charge in [-0.2, -0.15) is 0 Å². The van der Waals surface area contributed by atoms with E-state index in [-0.39, 0.29) is 6.03 Å². The highest BCUT2D eigenvalue weighted by atomic mass is 35.5. The number of carbonyl (C=O) groups excluding carboxylic acids is 1. The summed E-state index contributed by atoms with van der Waals surface area (Å²) in [6.07, 6.45) is 3.42. The summed E-state index contributed by atoms with van der Waals surface area (Å²) in [6, 6.07) is 12.5.